The molecule has 0 spiro atoms. The summed E-state index contributed by atoms with van der Waals surface area (Å²) in [4.78, 5) is 26.9. The van der Waals surface area contributed by atoms with E-state index in [1.165, 1.54) is 16.7 Å². The fourth-order valence-electron chi connectivity index (χ4n) is 2.27. The zero-order valence-electron chi connectivity index (χ0n) is 11.5. The van der Waals surface area contributed by atoms with E-state index in [0.29, 0.717) is 11.4 Å². The van der Waals surface area contributed by atoms with Gasteiger partial charge in [0.1, 0.15) is 0 Å². The lowest BCUT2D eigenvalue weighted by Gasteiger charge is -2.15. The first-order valence-electron chi connectivity index (χ1n) is 6.69. The molecule has 4 nitrogen and oxygen atoms in total. The molecule has 1 saturated heterocycles. The van der Waals surface area contributed by atoms with Crippen molar-refractivity contribution in [2.75, 3.05) is 10.6 Å². The third-order valence-corrected chi connectivity index (χ3v) is 5.07. The van der Waals surface area contributed by atoms with Crippen LogP contribution in [-0.2, 0) is 9.59 Å². The molecule has 2 amide bonds. The molecule has 1 aliphatic rings. The van der Waals surface area contributed by atoms with E-state index in [1.54, 1.807) is 24.3 Å². The molecule has 2 N–H and O–H groups in total. The van der Waals surface area contributed by atoms with E-state index >= 15 is 0 Å². The van der Waals surface area contributed by atoms with Crippen molar-refractivity contribution in [3.63, 3.8) is 0 Å². The van der Waals surface area contributed by atoms with Gasteiger partial charge in [0, 0.05) is 21.5 Å². The molecule has 0 radical (unpaired) electrons. The number of imide groups is 1. The van der Waals surface area contributed by atoms with Crippen molar-refractivity contribution in [2.45, 2.75) is 16.6 Å². The summed E-state index contributed by atoms with van der Waals surface area (Å²) in [6.45, 7) is 0. The summed E-state index contributed by atoms with van der Waals surface area (Å²) in [5.74, 6) is -0.339. The highest BCUT2D eigenvalue weighted by Gasteiger charge is 2.40. The number of carbonyl (C=O) groups excluding carboxylic acids is 2. The number of halogens is 1. The van der Waals surface area contributed by atoms with Crippen LogP contribution >= 0.6 is 27.7 Å². The lowest BCUT2D eigenvalue weighted by Crippen LogP contribution is -2.31. The van der Waals surface area contributed by atoms with Crippen LogP contribution in [0.1, 0.15) is 6.42 Å². The topological polar surface area (TPSA) is 63.4 Å². The first-order chi connectivity index (χ1) is 10.5. The average molecular weight is 377 g/mol. The van der Waals surface area contributed by atoms with Gasteiger partial charge in [-0.25, -0.2) is 4.90 Å². The standard InChI is InChI=1S/C16H13BrN2O2S/c17-10-1-5-12(6-2-10)19-15(20)9-14(16(19)21)22-13-7-3-11(18)4-8-13/h1-8,14H,9,18H2/t14-/m0/s1. The second-order valence-corrected chi connectivity index (χ2v) is 7.12. The Kier molecular flexibility index (Phi) is 4.22. The Morgan fingerprint density at radius 1 is 1.05 bits per heavy atom. The maximum Gasteiger partial charge on any atom is 0.247 e. The Morgan fingerprint density at radius 3 is 2.32 bits per heavy atom. The van der Waals surface area contributed by atoms with Crippen molar-refractivity contribution >= 4 is 50.9 Å². The summed E-state index contributed by atoms with van der Waals surface area (Å²) in [5.41, 5.74) is 6.94. The minimum Gasteiger partial charge on any atom is -0.399 e. The van der Waals surface area contributed by atoms with E-state index in [2.05, 4.69) is 15.9 Å². The van der Waals surface area contributed by atoms with E-state index in [-0.39, 0.29) is 23.5 Å². The molecule has 0 bridgehead atoms. The van der Waals surface area contributed by atoms with Crippen LogP contribution in [0.15, 0.2) is 57.9 Å². The molecule has 1 aliphatic heterocycles. The van der Waals surface area contributed by atoms with Crippen LogP contribution in [0.2, 0.25) is 0 Å². The normalized spacial score (nSPS) is 18.0. The summed E-state index contributed by atoms with van der Waals surface area (Å²) in [7, 11) is 0. The highest BCUT2D eigenvalue weighted by Crippen LogP contribution is 2.34. The lowest BCUT2D eigenvalue weighted by molar-refractivity contribution is -0.121. The maximum absolute atomic E-state index is 12.5. The monoisotopic (exact) mass is 376 g/mol. The quantitative estimate of drug-likeness (QED) is 0.657. The molecule has 0 unspecified atom stereocenters. The predicted octanol–water partition coefficient (Wildman–Crippen LogP) is 3.46. The molecule has 0 aromatic heterocycles. The van der Waals surface area contributed by atoms with Gasteiger partial charge in [-0.05, 0) is 48.5 Å². The predicted molar refractivity (Wildman–Crippen MR) is 91.8 cm³/mol. The Hall–Kier alpha value is -1.79. The molecular formula is C16H13BrN2O2S. The molecular weight excluding hydrogens is 364 g/mol. The summed E-state index contributed by atoms with van der Waals surface area (Å²) >= 11 is 4.74. The van der Waals surface area contributed by atoms with Crippen molar-refractivity contribution in [3.05, 3.63) is 53.0 Å². The summed E-state index contributed by atoms with van der Waals surface area (Å²) in [5, 5.41) is -0.389. The van der Waals surface area contributed by atoms with Crippen LogP contribution in [0, 0.1) is 0 Å². The molecule has 1 atom stereocenters. The molecule has 3 rings (SSSR count). The lowest BCUT2D eigenvalue weighted by atomic mass is 10.3. The van der Waals surface area contributed by atoms with Crippen molar-refractivity contribution in [1.82, 2.24) is 0 Å². The van der Waals surface area contributed by atoms with Gasteiger partial charge in [0.25, 0.3) is 0 Å². The number of nitrogens with two attached hydrogens (primary N) is 1. The molecule has 6 heteroatoms. The Bertz CT molecular complexity index is 716. The van der Waals surface area contributed by atoms with Crippen LogP contribution in [0.3, 0.4) is 0 Å². The smallest absolute Gasteiger partial charge is 0.247 e. The van der Waals surface area contributed by atoms with Gasteiger partial charge in [-0.1, -0.05) is 15.9 Å². The van der Waals surface area contributed by atoms with Crippen LogP contribution < -0.4 is 10.6 Å². The Morgan fingerprint density at radius 2 is 1.68 bits per heavy atom. The zero-order valence-corrected chi connectivity index (χ0v) is 13.9. The Balaban J connectivity index is 1.79. The van der Waals surface area contributed by atoms with Gasteiger partial charge in [-0.15, -0.1) is 11.8 Å². The van der Waals surface area contributed by atoms with Crippen molar-refractivity contribution < 1.29 is 9.59 Å². The van der Waals surface area contributed by atoms with Crippen molar-refractivity contribution in [3.8, 4) is 0 Å². The van der Waals surface area contributed by atoms with Gasteiger partial charge in [-0.3, -0.25) is 9.59 Å². The third-order valence-electron chi connectivity index (χ3n) is 3.35. The number of nitrogen functional groups attached to an aromatic ring is 1. The molecule has 1 fully saturated rings. The first kappa shape index (κ1) is 15.1. The average Bonchev–Trinajstić information content (AvgIpc) is 2.77. The van der Waals surface area contributed by atoms with Gasteiger partial charge in [0.05, 0.1) is 10.9 Å². The number of amides is 2. The molecule has 2 aromatic rings. The number of carbonyl (C=O) groups is 2. The molecule has 0 aliphatic carbocycles. The summed E-state index contributed by atoms with van der Waals surface area (Å²) in [6.07, 6.45) is 0.212. The van der Waals surface area contributed by atoms with Crippen molar-refractivity contribution in [2.24, 2.45) is 0 Å². The van der Waals surface area contributed by atoms with Crippen LogP contribution in [0.25, 0.3) is 0 Å². The third kappa shape index (κ3) is 3.03. The van der Waals surface area contributed by atoms with Crippen molar-refractivity contribution in [1.29, 1.82) is 0 Å². The number of thioether (sulfide) groups is 1. The van der Waals surface area contributed by atoms with Gasteiger partial charge in [0.2, 0.25) is 11.8 Å². The number of benzene rings is 2. The van der Waals surface area contributed by atoms with Gasteiger partial charge in [0.15, 0.2) is 0 Å². The SMILES string of the molecule is Nc1ccc(S[C@H]2CC(=O)N(c3ccc(Br)cc3)C2=O)cc1. The van der Waals surface area contributed by atoms with Crippen LogP contribution in [0.4, 0.5) is 11.4 Å². The van der Waals surface area contributed by atoms with Gasteiger partial charge < -0.3 is 5.73 Å². The fraction of sp³-hybridized carbons (Fsp3) is 0.125. The molecule has 0 saturated carbocycles. The molecule has 112 valence electrons. The van der Waals surface area contributed by atoms with E-state index < -0.39 is 0 Å². The minimum atomic E-state index is -0.389. The van der Waals surface area contributed by atoms with Crippen LogP contribution in [-0.4, -0.2) is 17.1 Å². The second kappa shape index (κ2) is 6.14. The van der Waals surface area contributed by atoms with Gasteiger partial charge >= 0.3 is 0 Å². The van der Waals surface area contributed by atoms with E-state index in [0.717, 1.165) is 9.37 Å². The number of anilines is 2. The Labute approximate surface area is 140 Å². The zero-order chi connectivity index (χ0) is 15.7. The minimum absolute atomic E-state index is 0.166. The fourth-order valence-corrected chi connectivity index (χ4v) is 3.59. The first-order valence-corrected chi connectivity index (χ1v) is 8.36. The number of rotatable bonds is 3. The van der Waals surface area contributed by atoms with E-state index in [4.69, 9.17) is 5.73 Å². The maximum atomic E-state index is 12.5. The van der Waals surface area contributed by atoms with E-state index in [9.17, 15) is 9.59 Å². The van der Waals surface area contributed by atoms with E-state index in [1.807, 2.05) is 24.3 Å². The molecule has 2 aromatic carbocycles. The molecule has 22 heavy (non-hydrogen) atoms. The summed E-state index contributed by atoms with van der Waals surface area (Å²) in [6, 6.07) is 14.4. The number of hydrogen-bond acceptors (Lipinski definition) is 4. The van der Waals surface area contributed by atoms with Crippen LogP contribution in [0.5, 0.6) is 0 Å². The highest BCUT2D eigenvalue weighted by molar-refractivity contribution is 9.10. The molecule has 1 heterocycles. The highest BCUT2D eigenvalue weighted by atomic mass is 79.9. The second-order valence-electron chi connectivity index (χ2n) is 4.92. The number of hydrogen-bond donors (Lipinski definition) is 1. The summed E-state index contributed by atoms with van der Waals surface area (Å²) < 4.78 is 0.906. The van der Waals surface area contributed by atoms with Gasteiger partial charge in [-0.2, -0.15) is 0 Å². The number of nitrogens with zero attached hydrogens (tertiary/aromatic N) is 1. The largest absolute Gasteiger partial charge is 0.399 e.